The van der Waals surface area contributed by atoms with Crippen LogP contribution in [0.3, 0.4) is 0 Å². The van der Waals surface area contributed by atoms with Gasteiger partial charge in [0.25, 0.3) is 5.91 Å². The normalized spacial score (nSPS) is 11.1. The highest BCUT2D eigenvalue weighted by Gasteiger charge is 2.31. The predicted molar refractivity (Wildman–Crippen MR) is 129 cm³/mol. The Hall–Kier alpha value is -3.04. The number of nitrogens with zero attached hydrogens (tertiary/aromatic N) is 3. The number of alkyl halides is 3. The molecule has 4 aromatic rings. The second-order valence-corrected chi connectivity index (χ2v) is 7.84. The topological polar surface area (TPSA) is 64.2 Å². The van der Waals surface area contributed by atoms with E-state index in [0.29, 0.717) is 32.1 Å². The van der Waals surface area contributed by atoms with Gasteiger partial charge in [-0.05, 0) is 54.6 Å². The molecule has 2 N–H and O–H groups in total. The van der Waals surface area contributed by atoms with Crippen LogP contribution in [0, 0.1) is 0 Å². The first-order valence-corrected chi connectivity index (χ1v) is 10.3. The Bertz CT molecular complexity index is 1320. The molecular formula is C23H16Cl3F3N4O. The van der Waals surface area contributed by atoms with E-state index in [2.05, 4.69) is 4.98 Å². The molecule has 5 nitrogen and oxygen atoms in total. The lowest BCUT2D eigenvalue weighted by Crippen LogP contribution is -2.37. The highest BCUT2D eigenvalue weighted by molar-refractivity contribution is 6.33. The summed E-state index contributed by atoms with van der Waals surface area (Å²) in [5.41, 5.74) is 0.0564. The van der Waals surface area contributed by atoms with Crippen molar-refractivity contribution in [2.75, 3.05) is 5.01 Å². The molecule has 4 rings (SSSR count). The zero-order valence-electron chi connectivity index (χ0n) is 17.1. The Labute approximate surface area is 208 Å². The number of nitrogens with two attached hydrogens (primary N) is 1. The summed E-state index contributed by atoms with van der Waals surface area (Å²) in [5, 5.41) is 1.55. The lowest BCUT2D eigenvalue weighted by Gasteiger charge is -2.17. The predicted octanol–water partition coefficient (Wildman–Crippen LogP) is 6.81. The summed E-state index contributed by atoms with van der Waals surface area (Å²) in [7, 11) is 0. The molecule has 0 saturated carbocycles. The Morgan fingerprint density at radius 2 is 1.65 bits per heavy atom. The molecule has 0 saturated heterocycles. The number of amides is 1. The zero-order chi connectivity index (χ0) is 23.8. The van der Waals surface area contributed by atoms with Gasteiger partial charge < -0.3 is 0 Å². The quantitative estimate of drug-likeness (QED) is 0.180. The van der Waals surface area contributed by atoms with Gasteiger partial charge in [0, 0.05) is 22.5 Å². The number of rotatable bonds is 4. The molecule has 11 heteroatoms. The summed E-state index contributed by atoms with van der Waals surface area (Å²) >= 11 is 12.3. The number of hydrogen-bond acceptors (Lipinski definition) is 3. The molecule has 0 radical (unpaired) electrons. The maximum absolute atomic E-state index is 13.1. The Kier molecular flexibility index (Phi) is 7.57. The van der Waals surface area contributed by atoms with E-state index in [4.69, 9.17) is 29.0 Å². The van der Waals surface area contributed by atoms with E-state index >= 15 is 0 Å². The standard InChI is InChI=1S/C23H15Cl2F3N4O.ClH/c24-15-8-10-16(11-9-15)31-13-20(30-21(31)18-6-1-2-7-19(18)25)22(33)32(29)17-5-3-4-14(12-17)23(26,27)28;/h1-13H,29H2;1H. The van der Waals surface area contributed by atoms with Crippen LogP contribution in [0.15, 0.2) is 79.0 Å². The second kappa shape index (κ2) is 10.1. The van der Waals surface area contributed by atoms with Crippen molar-refractivity contribution in [3.63, 3.8) is 0 Å². The van der Waals surface area contributed by atoms with Gasteiger partial charge >= 0.3 is 6.18 Å². The molecule has 0 unspecified atom stereocenters. The van der Waals surface area contributed by atoms with Crippen LogP contribution in [-0.4, -0.2) is 15.5 Å². The number of carbonyl (C=O) groups excluding carboxylic acids is 1. The third kappa shape index (κ3) is 5.20. The minimum atomic E-state index is -4.58. The minimum absolute atomic E-state index is 0. The number of halogens is 6. The van der Waals surface area contributed by atoms with Crippen LogP contribution in [0.1, 0.15) is 16.1 Å². The van der Waals surface area contributed by atoms with Gasteiger partial charge in [-0.2, -0.15) is 13.2 Å². The van der Waals surface area contributed by atoms with Crippen LogP contribution in [0.4, 0.5) is 18.9 Å². The number of hydrazine groups is 1. The maximum atomic E-state index is 13.1. The third-order valence-corrected chi connectivity index (χ3v) is 5.40. The second-order valence-electron chi connectivity index (χ2n) is 7.00. The molecule has 0 bridgehead atoms. The molecule has 0 atom stereocenters. The molecule has 0 aliphatic carbocycles. The van der Waals surface area contributed by atoms with Gasteiger partial charge in [-0.15, -0.1) is 12.4 Å². The summed E-state index contributed by atoms with van der Waals surface area (Å²) in [6.07, 6.45) is -3.13. The first-order valence-electron chi connectivity index (χ1n) is 9.52. The molecule has 34 heavy (non-hydrogen) atoms. The van der Waals surface area contributed by atoms with E-state index in [1.54, 1.807) is 53.1 Å². The summed E-state index contributed by atoms with van der Waals surface area (Å²) in [6, 6.07) is 17.9. The lowest BCUT2D eigenvalue weighted by atomic mass is 10.2. The number of benzene rings is 3. The summed E-state index contributed by atoms with van der Waals surface area (Å²) in [6.45, 7) is 0. The van der Waals surface area contributed by atoms with Gasteiger partial charge in [0.1, 0.15) is 11.5 Å². The number of aromatic nitrogens is 2. The van der Waals surface area contributed by atoms with Crippen LogP contribution in [0.5, 0.6) is 0 Å². The van der Waals surface area contributed by atoms with E-state index in [1.807, 2.05) is 0 Å². The summed E-state index contributed by atoms with van der Waals surface area (Å²) < 4.78 is 40.8. The minimum Gasteiger partial charge on any atom is -0.299 e. The molecule has 0 aliphatic rings. The first kappa shape index (κ1) is 25.6. The van der Waals surface area contributed by atoms with Crippen molar-refractivity contribution in [3.8, 4) is 17.1 Å². The average molecular weight is 528 g/mol. The largest absolute Gasteiger partial charge is 0.416 e. The van der Waals surface area contributed by atoms with Crippen molar-refractivity contribution < 1.29 is 18.0 Å². The molecule has 176 valence electrons. The fourth-order valence-electron chi connectivity index (χ4n) is 3.19. The molecule has 0 spiro atoms. The van der Waals surface area contributed by atoms with Gasteiger partial charge in [0.15, 0.2) is 0 Å². The molecular weight excluding hydrogens is 512 g/mol. The number of carbonyl (C=O) groups is 1. The number of hydrogen-bond donors (Lipinski definition) is 1. The number of anilines is 1. The highest BCUT2D eigenvalue weighted by Crippen LogP contribution is 2.32. The van der Waals surface area contributed by atoms with Crippen molar-refractivity contribution in [2.24, 2.45) is 5.84 Å². The van der Waals surface area contributed by atoms with Crippen LogP contribution >= 0.6 is 35.6 Å². The first-order chi connectivity index (χ1) is 15.6. The van der Waals surface area contributed by atoms with Crippen molar-refractivity contribution in [1.82, 2.24) is 9.55 Å². The molecule has 3 aromatic carbocycles. The van der Waals surface area contributed by atoms with Crippen molar-refractivity contribution in [1.29, 1.82) is 0 Å². The average Bonchev–Trinajstić information content (AvgIpc) is 3.23. The van der Waals surface area contributed by atoms with Crippen LogP contribution in [0.25, 0.3) is 17.1 Å². The van der Waals surface area contributed by atoms with Gasteiger partial charge in [-0.25, -0.2) is 15.8 Å². The smallest absolute Gasteiger partial charge is 0.299 e. The van der Waals surface area contributed by atoms with E-state index in [0.717, 1.165) is 12.1 Å². The fraction of sp³-hybridized carbons (Fsp3) is 0.0435. The maximum Gasteiger partial charge on any atom is 0.416 e. The lowest BCUT2D eigenvalue weighted by molar-refractivity contribution is -0.137. The molecule has 0 aliphatic heterocycles. The van der Waals surface area contributed by atoms with Gasteiger partial charge in [0.2, 0.25) is 0 Å². The van der Waals surface area contributed by atoms with Gasteiger partial charge in [0.05, 0.1) is 16.3 Å². The summed E-state index contributed by atoms with van der Waals surface area (Å²) in [5.74, 6) is 5.45. The van der Waals surface area contributed by atoms with Crippen LogP contribution in [0.2, 0.25) is 10.0 Å². The monoisotopic (exact) mass is 526 g/mol. The molecule has 0 fully saturated rings. The van der Waals surface area contributed by atoms with Gasteiger partial charge in [-0.1, -0.05) is 41.4 Å². The van der Waals surface area contributed by atoms with Crippen molar-refractivity contribution in [3.05, 3.63) is 100 Å². The SMILES string of the molecule is Cl.NN(C(=O)c1cn(-c2ccc(Cl)cc2)c(-c2ccccc2Cl)n1)c1cccc(C(F)(F)F)c1. The van der Waals surface area contributed by atoms with Crippen molar-refractivity contribution in [2.45, 2.75) is 6.18 Å². The Morgan fingerprint density at radius 3 is 2.29 bits per heavy atom. The zero-order valence-corrected chi connectivity index (χ0v) is 19.5. The molecule has 1 aromatic heterocycles. The van der Waals surface area contributed by atoms with E-state index in [-0.39, 0.29) is 23.8 Å². The van der Waals surface area contributed by atoms with Gasteiger partial charge in [-0.3, -0.25) is 9.36 Å². The van der Waals surface area contributed by atoms with Crippen molar-refractivity contribution >= 4 is 47.2 Å². The van der Waals surface area contributed by atoms with E-state index < -0.39 is 17.6 Å². The van der Waals surface area contributed by atoms with E-state index in [1.165, 1.54) is 18.3 Å². The Morgan fingerprint density at radius 1 is 0.971 bits per heavy atom. The van der Waals surface area contributed by atoms with E-state index in [9.17, 15) is 18.0 Å². The third-order valence-electron chi connectivity index (χ3n) is 4.82. The number of imidazole rings is 1. The van der Waals surface area contributed by atoms with Crippen LogP contribution < -0.4 is 10.9 Å². The fourth-order valence-corrected chi connectivity index (χ4v) is 3.53. The highest BCUT2D eigenvalue weighted by atomic mass is 35.5. The van der Waals surface area contributed by atoms with Crippen LogP contribution in [-0.2, 0) is 6.18 Å². The Balaban J connectivity index is 0.00000324. The molecule has 1 amide bonds. The summed E-state index contributed by atoms with van der Waals surface area (Å²) in [4.78, 5) is 17.5. The molecule has 1 heterocycles.